The molecule has 15 heavy (non-hydrogen) atoms. The van der Waals surface area contributed by atoms with Crippen LogP contribution in [0.4, 0.5) is 0 Å². The fourth-order valence-corrected chi connectivity index (χ4v) is 2.60. The van der Waals surface area contributed by atoms with Gasteiger partial charge in [-0.3, -0.25) is 10.1 Å². The van der Waals surface area contributed by atoms with E-state index in [4.69, 9.17) is 5.26 Å². The van der Waals surface area contributed by atoms with Gasteiger partial charge < -0.3 is 0 Å². The molecule has 0 radical (unpaired) electrons. The minimum absolute atomic E-state index is 0.323. The third-order valence-electron chi connectivity index (χ3n) is 2.22. The molecule has 0 fully saturated rings. The second-order valence-corrected chi connectivity index (χ2v) is 4.17. The molecule has 2 rings (SSSR count). The summed E-state index contributed by atoms with van der Waals surface area (Å²) in [7, 11) is 0. The summed E-state index contributed by atoms with van der Waals surface area (Å²) in [6, 6.07) is 7.82. The van der Waals surface area contributed by atoms with Gasteiger partial charge in [0.25, 0.3) is 5.91 Å². The molecule has 3 nitrogen and oxygen atoms in total. The van der Waals surface area contributed by atoms with Gasteiger partial charge in [-0.15, -0.1) is 11.3 Å². The first-order chi connectivity index (χ1) is 7.24. The van der Waals surface area contributed by atoms with Crippen molar-refractivity contribution in [3.8, 4) is 6.19 Å². The molecule has 0 unspecified atom stereocenters. The second-order valence-electron chi connectivity index (χ2n) is 3.12. The highest BCUT2D eigenvalue weighted by atomic mass is 32.1. The summed E-state index contributed by atoms with van der Waals surface area (Å²) in [4.78, 5) is 12.1. The molecule has 4 heteroatoms. The summed E-state index contributed by atoms with van der Waals surface area (Å²) in [5.41, 5.74) is 0.934. The molecule has 1 aromatic heterocycles. The van der Waals surface area contributed by atoms with Crippen molar-refractivity contribution in [3.05, 3.63) is 34.7 Å². The zero-order valence-electron chi connectivity index (χ0n) is 8.07. The van der Waals surface area contributed by atoms with Crippen LogP contribution in [0, 0.1) is 18.4 Å². The molecular weight excluding hydrogens is 208 g/mol. The van der Waals surface area contributed by atoms with Gasteiger partial charge in [0, 0.05) is 4.70 Å². The van der Waals surface area contributed by atoms with E-state index in [1.807, 2.05) is 31.2 Å². The predicted molar refractivity (Wildman–Crippen MR) is 59.6 cm³/mol. The Bertz CT molecular complexity index is 565. The van der Waals surface area contributed by atoms with Crippen molar-refractivity contribution >= 4 is 27.3 Å². The van der Waals surface area contributed by atoms with Crippen molar-refractivity contribution in [1.82, 2.24) is 5.32 Å². The average Bonchev–Trinajstić information content (AvgIpc) is 2.57. The van der Waals surface area contributed by atoms with Crippen molar-refractivity contribution in [3.63, 3.8) is 0 Å². The van der Waals surface area contributed by atoms with Crippen LogP contribution in [0.2, 0.25) is 0 Å². The lowest BCUT2D eigenvalue weighted by atomic mass is 10.1. The van der Waals surface area contributed by atoms with E-state index in [1.165, 1.54) is 11.3 Å². The number of fused-ring (bicyclic) bond motifs is 1. The Morgan fingerprint density at radius 2 is 2.20 bits per heavy atom. The second kappa shape index (κ2) is 3.71. The summed E-state index contributed by atoms with van der Waals surface area (Å²) in [6.07, 6.45) is 1.64. The van der Waals surface area contributed by atoms with Gasteiger partial charge in [-0.1, -0.05) is 18.2 Å². The monoisotopic (exact) mass is 216 g/mol. The topological polar surface area (TPSA) is 52.9 Å². The minimum Gasteiger partial charge on any atom is -0.267 e. The largest absolute Gasteiger partial charge is 0.274 e. The van der Waals surface area contributed by atoms with Crippen molar-refractivity contribution < 1.29 is 4.79 Å². The van der Waals surface area contributed by atoms with E-state index < -0.39 is 0 Å². The van der Waals surface area contributed by atoms with Gasteiger partial charge in [-0.05, 0) is 23.9 Å². The van der Waals surface area contributed by atoms with Gasteiger partial charge in [-0.25, -0.2) is 0 Å². The van der Waals surface area contributed by atoms with Crippen molar-refractivity contribution in [2.75, 3.05) is 0 Å². The van der Waals surface area contributed by atoms with Gasteiger partial charge in [-0.2, -0.15) is 5.26 Å². The molecular formula is C11H8N2OS. The van der Waals surface area contributed by atoms with Crippen LogP contribution in [0.25, 0.3) is 10.1 Å². The molecule has 1 N–H and O–H groups in total. The molecule has 1 heterocycles. The molecule has 0 aliphatic rings. The molecule has 1 aromatic carbocycles. The number of benzene rings is 1. The lowest BCUT2D eigenvalue weighted by molar-refractivity contribution is 0.0976. The van der Waals surface area contributed by atoms with Gasteiger partial charge in [0.05, 0.1) is 4.88 Å². The molecule has 1 amide bonds. The number of nitriles is 1. The number of hydrogen-bond acceptors (Lipinski definition) is 3. The number of carbonyl (C=O) groups excluding carboxylic acids is 1. The van der Waals surface area contributed by atoms with Gasteiger partial charge in [0.2, 0.25) is 0 Å². The summed E-state index contributed by atoms with van der Waals surface area (Å²) in [5, 5.41) is 11.6. The fourth-order valence-electron chi connectivity index (χ4n) is 1.50. The van der Waals surface area contributed by atoms with Crippen LogP contribution < -0.4 is 5.32 Å². The highest BCUT2D eigenvalue weighted by Gasteiger charge is 2.14. The number of nitrogens with one attached hydrogen (secondary N) is 1. The molecule has 0 spiro atoms. The first kappa shape index (κ1) is 9.69. The van der Waals surface area contributed by atoms with E-state index in [9.17, 15) is 4.79 Å². The summed E-state index contributed by atoms with van der Waals surface area (Å²) >= 11 is 1.41. The number of nitrogens with zero attached hydrogens (tertiary/aromatic N) is 1. The lowest BCUT2D eigenvalue weighted by Crippen LogP contribution is -2.16. The number of rotatable bonds is 1. The van der Waals surface area contributed by atoms with E-state index in [0.29, 0.717) is 4.88 Å². The van der Waals surface area contributed by atoms with Gasteiger partial charge >= 0.3 is 0 Å². The summed E-state index contributed by atoms with van der Waals surface area (Å²) in [5.74, 6) is -0.323. The summed E-state index contributed by atoms with van der Waals surface area (Å²) < 4.78 is 1.07. The van der Waals surface area contributed by atoms with E-state index in [-0.39, 0.29) is 5.91 Å². The van der Waals surface area contributed by atoms with Gasteiger partial charge in [0.1, 0.15) is 0 Å². The van der Waals surface area contributed by atoms with E-state index in [0.717, 1.165) is 15.6 Å². The lowest BCUT2D eigenvalue weighted by Gasteiger charge is -1.94. The van der Waals surface area contributed by atoms with E-state index in [2.05, 4.69) is 5.32 Å². The Morgan fingerprint density at radius 3 is 2.87 bits per heavy atom. The highest BCUT2D eigenvalue weighted by Crippen LogP contribution is 2.30. The van der Waals surface area contributed by atoms with Crippen molar-refractivity contribution in [2.45, 2.75) is 6.92 Å². The Morgan fingerprint density at radius 1 is 1.47 bits per heavy atom. The third-order valence-corrected chi connectivity index (χ3v) is 3.49. The minimum atomic E-state index is -0.323. The van der Waals surface area contributed by atoms with Gasteiger partial charge in [0.15, 0.2) is 6.19 Å². The van der Waals surface area contributed by atoms with E-state index >= 15 is 0 Å². The Balaban J connectivity index is 2.59. The molecule has 0 bridgehead atoms. The Kier molecular flexibility index (Phi) is 2.40. The molecule has 0 atom stereocenters. The number of aryl methyl sites for hydroxylation is 1. The normalized spacial score (nSPS) is 9.87. The number of thiophene rings is 1. The zero-order chi connectivity index (χ0) is 10.8. The average molecular weight is 216 g/mol. The van der Waals surface area contributed by atoms with Crippen LogP contribution in [0.1, 0.15) is 15.2 Å². The van der Waals surface area contributed by atoms with Crippen molar-refractivity contribution in [1.29, 1.82) is 5.26 Å². The number of amides is 1. The molecule has 0 saturated carbocycles. The molecule has 0 saturated heterocycles. The van der Waals surface area contributed by atoms with Crippen LogP contribution in [-0.2, 0) is 0 Å². The Hall–Kier alpha value is -1.86. The third kappa shape index (κ3) is 1.58. The zero-order valence-corrected chi connectivity index (χ0v) is 8.89. The maximum Gasteiger partial charge on any atom is 0.274 e. The quantitative estimate of drug-likeness (QED) is 0.588. The van der Waals surface area contributed by atoms with E-state index in [1.54, 1.807) is 6.19 Å². The maximum absolute atomic E-state index is 11.5. The van der Waals surface area contributed by atoms with Crippen molar-refractivity contribution in [2.24, 2.45) is 0 Å². The molecule has 0 aliphatic heterocycles. The molecule has 0 aliphatic carbocycles. The smallest absolute Gasteiger partial charge is 0.267 e. The first-order valence-corrected chi connectivity index (χ1v) is 5.23. The number of carbonyl (C=O) groups is 1. The summed E-state index contributed by atoms with van der Waals surface area (Å²) in [6.45, 7) is 1.89. The van der Waals surface area contributed by atoms with Crippen LogP contribution in [0.5, 0.6) is 0 Å². The number of hydrogen-bond donors (Lipinski definition) is 1. The first-order valence-electron chi connectivity index (χ1n) is 4.41. The molecule has 2 aromatic rings. The fraction of sp³-hybridized carbons (Fsp3) is 0.0909. The van der Waals surface area contributed by atoms with Crippen LogP contribution in [0.3, 0.4) is 0 Å². The highest BCUT2D eigenvalue weighted by molar-refractivity contribution is 7.21. The van der Waals surface area contributed by atoms with Crippen LogP contribution >= 0.6 is 11.3 Å². The van der Waals surface area contributed by atoms with Crippen LogP contribution in [-0.4, -0.2) is 5.91 Å². The maximum atomic E-state index is 11.5. The standard InChI is InChI=1S/C11H8N2OS/c1-7-8-4-2-3-5-9(8)15-10(7)11(14)13-6-12/h2-5H,1H3,(H,13,14). The SMILES string of the molecule is Cc1c(C(=O)NC#N)sc2ccccc12. The molecule has 74 valence electrons. The van der Waals surface area contributed by atoms with Crippen LogP contribution in [0.15, 0.2) is 24.3 Å². The Labute approximate surface area is 91.0 Å². The predicted octanol–water partition coefficient (Wildman–Crippen LogP) is 2.42.